The molecule has 1 aliphatic heterocycles. The summed E-state index contributed by atoms with van der Waals surface area (Å²) in [6.45, 7) is 6.23. The number of carbonyl (C=O) groups is 1. The van der Waals surface area contributed by atoms with Gasteiger partial charge in [-0.05, 0) is 25.7 Å². The molecule has 0 spiro atoms. The van der Waals surface area contributed by atoms with E-state index in [0.717, 1.165) is 31.8 Å². The van der Waals surface area contributed by atoms with E-state index in [2.05, 4.69) is 16.8 Å². The van der Waals surface area contributed by atoms with Gasteiger partial charge >= 0.3 is 5.97 Å². The summed E-state index contributed by atoms with van der Waals surface area (Å²) in [5.74, 6) is 0.332. The van der Waals surface area contributed by atoms with Crippen LogP contribution in [0, 0.1) is 5.92 Å². The highest BCUT2D eigenvalue weighted by Crippen LogP contribution is 2.22. The molecule has 1 aliphatic rings. The molecule has 0 N–H and O–H groups in total. The number of esters is 1. The Hall–Kier alpha value is -1.52. The van der Waals surface area contributed by atoms with Gasteiger partial charge in [0.1, 0.15) is 6.26 Å². The topological polar surface area (TPSA) is 55.6 Å². The Balaban J connectivity index is 2.00. The smallest absolute Gasteiger partial charge is 0.360 e. The first-order chi connectivity index (χ1) is 8.20. The highest BCUT2D eigenvalue weighted by molar-refractivity contribution is 5.87. The van der Waals surface area contributed by atoms with Gasteiger partial charge in [0.15, 0.2) is 5.69 Å². The van der Waals surface area contributed by atoms with Gasteiger partial charge in [0, 0.05) is 13.1 Å². The lowest BCUT2D eigenvalue weighted by molar-refractivity contribution is 0.0519. The summed E-state index contributed by atoms with van der Waals surface area (Å²) < 4.78 is 10.2. The van der Waals surface area contributed by atoms with Crippen LogP contribution in [-0.4, -0.2) is 30.6 Å². The Labute approximate surface area is 101 Å². The monoisotopic (exact) mass is 238 g/mol. The quantitative estimate of drug-likeness (QED) is 0.755. The minimum absolute atomic E-state index is 0.250. The van der Waals surface area contributed by atoms with Gasteiger partial charge in [0.05, 0.1) is 6.61 Å². The third kappa shape index (κ3) is 2.78. The number of nitrogens with zero attached hydrogens (tertiary/aromatic N) is 2. The van der Waals surface area contributed by atoms with Gasteiger partial charge in [-0.25, -0.2) is 4.79 Å². The molecule has 5 heteroatoms. The summed E-state index contributed by atoms with van der Waals surface area (Å²) in [7, 11) is 0. The van der Waals surface area contributed by atoms with E-state index in [9.17, 15) is 4.79 Å². The number of oxazole rings is 1. The molecule has 17 heavy (non-hydrogen) atoms. The molecule has 94 valence electrons. The van der Waals surface area contributed by atoms with Gasteiger partial charge in [-0.3, -0.25) is 0 Å². The van der Waals surface area contributed by atoms with Crippen LogP contribution < -0.4 is 4.90 Å². The van der Waals surface area contributed by atoms with Crippen molar-refractivity contribution in [3.63, 3.8) is 0 Å². The van der Waals surface area contributed by atoms with E-state index < -0.39 is 5.97 Å². The number of hydrogen-bond acceptors (Lipinski definition) is 5. The largest absolute Gasteiger partial charge is 0.461 e. The molecular formula is C12H18N2O3. The van der Waals surface area contributed by atoms with E-state index in [-0.39, 0.29) is 5.69 Å². The fourth-order valence-electron chi connectivity index (χ4n) is 1.91. The molecule has 1 saturated heterocycles. The molecule has 0 aromatic carbocycles. The second kappa shape index (κ2) is 5.21. The minimum Gasteiger partial charge on any atom is -0.461 e. The van der Waals surface area contributed by atoms with Crippen LogP contribution in [0.15, 0.2) is 10.7 Å². The maximum absolute atomic E-state index is 11.4. The van der Waals surface area contributed by atoms with Gasteiger partial charge < -0.3 is 14.1 Å². The van der Waals surface area contributed by atoms with Gasteiger partial charge in [0.25, 0.3) is 6.01 Å². The Kier molecular flexibility index (Phi) is 3.66. The molecule has 2 rings (SSSR count). The predicted octanol–water partition coefficient (Wildman–Crippen LogP) is 2.09. The van der Waals surface area contributed by atoms with Crippen molar-refractivity contribution in [2.45, 2.75) is 26.7 Å². The number of hydrogen-bond donors (Lipinski definition) is 0. The third-order valence-electron chi connectivity index (χ3n) is 3.03. The van der Waals surface area contributed by atoms with Crippen LogP contribution in [-0.2, 0) is 4.74 Å². The molecule has 1 aromatic rings. The van der Waals surface area contributed by atoms with Crippen molar-refractivity contribution < 1.29 is 13.9 Å². The van der Waals surface area contributed by atoms with Crippen LogP contribution in [0.4, 0.5) is 6.01 Å². The number of piperidine rings is 1. The zero-order valence-electron chi connectivity index (χ0n) is 10.3. The lowest BCUT2D eigenvalue weighted by Gasteiger charge is -2.28. The van der Waals surface area contributed by atoms with E-state index in [1.54, 1.807) is 6.92 Å². The molecule has 0 amide bonds. The van der Waals surface area contributed by atoms with Crippen LogP contribution in [0.2, 0.25) is 0 Å². The summed E-state index contributed by atoms with van der Waals surface area (Å²) in [5.41, 5.74) is 0.250. The van der Waals surface area contributed by atoms with E-state index in [4.69, 9.17) is 9.15 Å². The number of aromatic nitrogens is 1. The second-order valence-electron chi connectivity index (χ2n) is 4.41. The average Bonchev–Trinajstić information content (AvgIpc) is 2.80. The van der Waals surface area contributed by atoms with Crippen LogP contribution >= 0.6 is 0 Å². The lowest BCUT2D eigenvalue weighted by Crippen LogP contribution is -2.33. The van der Waals surface area contributed by atoms with Crippen LogP contribution in [0.25, 0.3) is 0 Å². The van der Waals surface area contributed by atoms with E-state index in [0.29, 0.717) is 12.6 Å². The maximum atomic E-state index is 11.4. The molecule has 1 aromatic heterocycles. The Morgan fingerprint density at radius 2 is 2.29 bits per heavy atom. The first-order valence-electron chi connectivity index (χ1n) is 6.08. The third-order valence-corrected chi connectivity index (χ3v) is 3.03. The molecule has 0 radical (unpaired) electrons. The number of ether oxygens (including phenoxy) is 1. The molecule has 0 aliphatic carbocycles. The Morgan fingerprint density at radius 1 is 1.59 bits per heavy atom. The molecule has 5 nitrogen and oxygen atoms in total. The second-order valence-corrected chi connectivity index (χ2v) is 4.41. The van der Waals surface area contributed by atoms with Gasteiger partial charge in [-0.1, -0.05) is 6.92 Å². The fourth-order valence-corrected chi connectivity index (χ4v) is 1.91. The van der Waals surface area contributed by atoms with Gasteiger partial charge in [-0.2, -0.15) is 4.98 Å². The van der Waals surface area contributed by atoms with Crippen molar-refractivity contribution >= 4 is 12.0 Å². The lowest BCUT2D eigenvalue weighted by atomic mass is 10.00. The highest BCUT2D eigenvalue weighted by atomic mass is 16.5. The Morgan fingerprint density at radius 3 is 2.94 bits per heavy atom. The predicted molar refractivity (Wildman–Crippen MR) is 63.1 cm³/mol. The molecular weight excluding hydrogens is 220 g/mol. The van der Waals surface area contributed by atoms with Crippen LogP contribution in [0.5, 0.6) is 0 Å². The minimum atomic E-state index is -0.423. The standard InChI is InChI=1S/C12H18N2O3/c1-3-16-11(15)10-8-17-12(13-10)14-6-4-9(2)5-7-14/h8-9H,3-7H2,1-2H3. The molecule has 0 unspecified atom stereocenters. The van der Waals surface area contributed by atoms with Crippen molar-refractivity contribution in [3.8, 4) is 0 Å². The fraction of sp³-hybridized carbons (Fsp3) is 0.667. The number of rotatable bonds is 3. The maximum Gasteiger partial charge on any atom is 0.360 e. The number of carbonyl (C=O) groups excluding carboxylic acids is 1. The first kappa shape index (κ1) is 12.0. The molecule has 0 bridgehead atoms. The van der Waals surface area contributed by atoms with Crippen LogP contribution in [0.3, 0.4) is 0 Å². The van der Waals surface area contributed by atoms with E-state index in [1.807, 2.05) is 0 Å². The molecule has 1 fully saturated rings. The van der Waals surface area contributed by atoms with E-state index in [1.165, 1.54) is 6.26 Å². The first-order valence-corrected chi connectivity index (χ1v) is 6.08. The normalized spacial score (nSPS) is 17.2. The SMILES string of the molecule is CCOC(=O)c1coc(N2CCC(C)CC2)n1. The van der Waals surface area contributed by atoms with Crippen LogP contribution in [0.1, 0.15) is 37.2 Å². The van der Waals surface area contributed by atoms with Crippen molar-refractivity contribution in [2.75, 3.05) is 24.6 Å². The summed E-state index contributed by atoms with van der Waals surface area (Å²) in [5, 5.41) is 0. The molecule has 0 saturated carbocycles. The van der Waals surface area contributed by atoms with Gasteiger partial charge in [0.2, 0.25) is 0 Å². The van der Waals surface area contributed by atoms with Crippen molar-refractivity contribution in [3.05, 3.63) is 12.0 Å². The summed E-state index contributed by atoms with van der Waals surface area (Å²) >= 11 is 0. The number of anilines is 1. The summed E-state index contributed by atoms with van der Waals surface area (Å²) in [4.78, 5) is 17.7. The average molecular weight is 238 g/mol. The Bertz CT molecular complexity index is 381. The summed E-state index contributed by atoms with van der Waals surface area (Å²) in [6, 6.07) is 0.528. The summed E-state index contributed by atoms with van der Waals surface area (Å²) in [6.07, 6.45) is 3.64. The molecule has 2 heterocycles. The highest BCUT2D eigenvalue weighted by Gasteiger charge is 2.21. The van der Waals surface area contributed by atoms with E-state index >= 15 is 0 Å². The van der Waals surface area contributed by atoms with Crippen molar-refractivity contribution in [2.24, 2.45) is 5.92 Å². The van der Waals surface area contributed by atoms with Crippen molar-refractivity contribution in [1.82, 2.24) is 4.98 Å². The zero-order chi connectivity index (χ0) is 12.3. The zero-order valence-corrected chi connectivity index (χ0v) is 10.3. The van der Waals surface area contributed by atoms with Crippen molar-refractivity contribution in [1.29, 1.82) is 0 Å². The molecule has 0 atom stereocenters. The van der Waals surface area contributed by atoms with Gasteiger partial charge in [-0.15, -0.1) is 0 Å².